The standard InChI is InChI=1S/C14H18BrN3O3/c1-16-5-3-4-14(16)8-17(9-14)11-7-13(21-2)10(15)6-12(11)18(19)20/h6-7H,3-5,8-9H2,1-2H3. The van der Waals surface area contributed by atoms with Gasteiger partial charge in [-0.3, -0.25) is 15.0 Å². The Kier molecular flexibility index (Phi) is 3.57. The summed E-state index contributed by atoms with van der Waals surface area (Å²) in [7, 11) is 3.71. The van der Waals surface area contributed by atoms with Crippen LogP contribution >= 0.6 is 15.9 Å². The van der Waals surface area contributed by atoms with Crippen LogP contribution in [0, 0.1) is 10.1 Å². The molecule has 21 heavy (non-hydrogen) atoms. The summed E-state index contributed by atoms with van der Waals surface area (Å²) in [5.74, 6) is 0.622. The first-order chi connectivity index (χ1) is 9.97. The topological polar surface area (TPSA) is 58.8 Å². The minimum atomic E-state index is -0.330. The number of nitro benzene ring substituents is 1. The number of ether oxygens (including phenoxy) is 1. The van der Waals surface area contributed by atoms with E-state index in [2.05, 4.69) is 32.8 Å². The third kappa shape index (κ3) is 2.28. The summed E-state index contributed by atoms with van der Waals surface area (Å²) in [5, 5.41) is 11.3. The molecule has 0 aromatic heterocycles. The first kappa shape index (κ1) is 14.6. The van der Waals surface area contributed by atoms with E-state index in [1.54, 1.807) is 13.2 Å². The fourth-order valence-corrected chi connectivity index (χ4v) is 3.89. The summed E-state index contributed by atoms with van der Waals surface area (Å²) in [5.41, 5.74) is 0.970. The van der Waals surface area contributed by atoms with Crippen LogP contribution in [0.1, 0.15) is 12.8 Å². The highest BCUT2D eigenvalue weighted by Crippen LogP contribution is 2.44. The number of hydrogen-bond donors (Lipinski definition) is 0. The van der Waals surface area contributed by atoms with Crippen molar-refractivity contribution in [2.75, 3.05) is 38.7 Å². The van der Waals surface area contributed by atoms with Gasteiger partial charge in [-0.25, -0.2) is 0 Å². The number of rotatable bonds is 3. The van der Waals surface area contributed by atoms with E-state index < -0.39 is 0 Å². The maximum absolute atomic E-state index is 11.3. The van der Waals surface area contributed by atoms with Crippen LogP contribution in [0.2, 0.25) is 0 Å². The van der Waals surface area contributed by atoms with E-state index in [1.165, 1.54) is 18.9 Å². The van der Waals surface area contributed by atoms with Crippen LogP contribution in [0.3, 0.4) is 0 Å². The lowest BCUT2D eigenvalue weighted by Gasteiger charge is -2.52. The number of hydrogen-bond acceptors (Lipinski definition) is 5. The molecule has 0 bridgehead atoms. The minimum absolute atomic E-state index is 0.123. The predicted octanol–water partition coefficient (Wildman–Crippen LogP) is 2.65. The SMILES string of the molecule is COc1cc(N2CC3(CCCN3C)C2)c([N+](=O)[O-])cc1Br. The number of anilines is 1. The van der Waals surface area contributed by atoms with Gasteiger partial charge in [-0.2, -0.15) is 0 Å². The Balaban J connectivity index is 1.90. The lowest BCUT2D eigenvalue weighted by Crippen LogP contribution is -2.67. The number of nitro groups is 1. The molecule has 1 spiro atoms. The summed E-state index contributed by atoms with van der Waals surface area (Å²) < 4.78 is 5.88. The molecule has 1 aromatic carbocycles. The van der Waals surface area contributed by atoms with E-state index in [1.807, 2.05) is 0 Å². The van der Waals surface area contributed by atoms with Crippen molar-refractivity contribution >= 4 is 27.3 Å². The van der Waals surface area contributed by atoms with Crippen LogP contribution in [0.5, 0.6) is 5.75 Å². The quantitative estimate of drug-likeness (QED) is 0.616. The summed E-state index contributed by atoms with van der Waals surface area (Å²) in [4.78, 5) is 15.4. The van der Waals surface area contributed by atoms with Gasteiger partial charge in [0, 0.05) is 25.2 Å². The largest absolute Gasteiger partial charge is 0.495 e. The molecule has 0 atom stereocenters. The van der Waals surface area contributed by atoms with Gasteiger partial charge in [0.1, 0.15) is 11.4 Å². The van der Waals surface area contributed by atoms with Crippen molar-refractivity contribution in [3.05, 3.63) is 26.7 Å². The van der Waals surface area contributed by atoms with Crippen LogP contribution in [-0.4, -0.2) is 49.2 Å². The van der Waals surface area contributed by atoms with Crippen molar-refractivity contribution in [2.45, 2.75) is 18.4 Å². The third-order valence-corrected chi connectivity index (χ3v) is 5.32. The second-order valence-electron chi connectivity index (χ2n) is 5.84. The number of halogens is 1. The Morgan fingerprint density at radius 1 is 1.43 bits per heavy atom. The molecule has 0 saturated carbocycles. The zero-order valence-corrected chi connectivity index (χ0v) is 13.7. The van der Waals surface area contributed by atoms with E-state index in [0.29, 0.717) is 15.9 Å². The molecule has 7 heteroatoms. The lowest BCUT2D eigenvalue weighted by atomic mass is 9.86. The molecule has 6 nitrogen and oxygen atoms in total. The zero-order chi connectivity index (χ0) is 15.2. The number of likely N-dealkylation sites (N-methyl/N-ethyl adjacent to an activating group) is 1. The van der Waals surface area contributed by atoms with Crippen molar-refractivity contribution in [1.29, 1.82) is 0 Å². The van der Waals surface area contributed by atoms with Gasteiger partial charge in [0.2, 0.25) is 0 Å². The highest BCUT2D eigenvalue weighted by molar-refractivity contribution is 9.10. The molecule has 0 unspecified atom stereocenters. The van der Waals surface area contributed by atoms with Crippen LogP contribution in [0.15, 0.2) is 16.6 Å². The Morgan fingerprint density at radius 2 is 2.14 bits per heavy atom. The van der Waals surface area contributed by atoms with Crippen molar-refractivity contribution in [2.24, 2.45) is 0 Å². The summed E-state index contributed by atoms with van der Waals surface area (Å²) in [6.45, 7) is 2.80. The molecule has 114 valence electrons. The second-order valence-corrected chi connectivity index (χ2v) is 6.69. The summed E-state index contributed by atoms with van der Waals surface area (Å²) in [6, 6.07) is 3.28. The fraction of sp³-hybridized carbons (Fsp3) is 0.571. The number of likely N-dealkylation sites (tertiary alicyclic amines) is 1. The fourth-order valence-electron chi connectivity index (χ4n) is 3.40. The van der Waals surface area contributed by atoms with Crippen molar-refractivity contribution in [1.82, 2.24) is 4.90 Å². The average Bonchev–Trinajstić information content (AvgIpc) is 2.78. The van der Waals surface area contributed by atoms with Crippen LogP contribution in [0.4, 0.5) is 11.4 Å². The Hall–Kier alpha value is -1.34. The highest BCUT2D eigenvalue weighted by atomic mass is 79.9. The monoisotopic (exact) mass is 355 g/mol. The van der Waals surface area contributed by atoms with E-state index in [-0.39, 0.29) is 16.1 Å². The van der Waals surface area contributed by atoms with Crippen molar-refractivity contribution < 1.29 is 9.66 Å². The first-order valence-corrected chi connectivity index (χ1v) is 7.74. The minimum Gasteiger partial charge on any atom is -0.495 e. The Morgan fingerprint density at radius 3 is 2.67 bits per heavy atom. The molecular weight excluding hydrogens is 338 g/mol. The van der Waals surface area contributed by atoms with Crippen LogP contribution < -0.4 is 9.64 Å². The van der Waals surface area contributed by atoms with Gasteiger partial charge in [-0.1, -0.05) is 0 Å². The van der Waals surface area contributed by atoms with Crippen LogP contribution in [-0.2, 0) is 0 Å². The average molecular weight is 356 g/mol. The smallest absolute Gasteiger partial charge is 0.293 e. The van der Waals surface area contributed by atoms with Gasteiger partial charge in [0.05, 0.1) is 22.0 Å². The molecule has 3 rings (SSSR count). The number of nitrogens with zero attached hydrogens (tertiary/aromatic N) is 3. The number of benzene rings is 1. The summed E-state index contributed by atoms with van der Waals surface area (Å²) >= 11 is 3.31. The second kappa shape index (κ2) is 5.14. The molecule has 2 aliphatic heterocycles. The molecule has 0 aliphatic carbocycles. The molecule has 2 saturated heterocycles. The Labute approximate surface area is 131 Å². The van der Waals surface area contributed by atoms with Gasteiger partial charge in [0.15, 0.2) is 0 Å². The zero-order valence-electron chi connectivity index (χ0n) is 12.1. The van der Waals surface area contributed by atoms with Gasteiger partial charge in [-0.15, -0.1) is 0 Å². The normalized spacial score (nSPS) is 20.6. The molecule has 2 fully saturated rings. The van der Waals surface area contributed by atoms with E-state index >= 15 is 0 Å². The molecule has 2 aliphatic rings. The van der Waals surface area contributed by atoms with Crippen molar-refractivity contribution in [3.8, 4) is 5.75 Å². The third-order valence-electron chi connectivity index (χ3n) is 4.70. The van der Waals surface area contributed by atoms with E-state index in [0.717, 1.165) is 19.6 Å². The highest BCUT2D eigenvalue weighted by Gasteiger charge is 2.49. The van der Waals surface area contributed by atoms with Gasteiger partial charge in [0.25, 0.3) is 5.69 Å². The molecular formula is C14H18BrN3O3. The molecule has 0 N–H and O–H groups in total. The van der Waals surface area contributed by atoms with E-state index in [9.17, 15) is 10.1 Å². The Bertz CT molecular complexity index is 587. The van der Waals surface area contributed by atoms with Gasteiger partial charge >= 0.3 is 0 Å². The van der Waals surface area contributed by atoms with Crippen LogP contribution in [0.25, 0.3) is 0 Å². The lowest BCUT2D eigenvalue weighted by molar-refractivity contribution is -0.384. The first-order valence-electron chi connectivity index (χ1n) is 6.95. The predicted molar refractivity (Wildman–Crippen MR) is 84.2 cm³/mol. The maximum Gasteiger partial charge on any atom is 0.293 e. The van der Waals surface area contributed by atoms with Gasteiger partial charge in [-0.05, 0) is 42.4 Å². The summed E-state index contributed by atoms with van der Waals surface area (Å²) in [6.07, 6.45) is 2.37. The molecule has 2 heterocycles. The molecule has 0 amide bonds. The molecule has 1 aromatic rings. The van der Waals surface area contributed by atoms with Crippen molar-refractivity contribution in [3.63, 3.8) is 0 Å². The maximum atomic E-state index is 11.3. The van der Waals surface area contributed by atoms with E-state index in [4.69, 9.17) is 4.74 Å². The number of methoxy groups -OCH3 is 1. The molecule has 0 radical (unpaired) electrons. The van der Waals surface area contributed by atoms with Gasteiger partial charge < -0.3 is 9.64 Å².